The van der Waals surface area contributed by atoms with Crippen LogP contribution in [0.25, 0.3) is 0 Å². The zero-order valence-corrected chi connectivity index (χ0v) is 13.2. The first-order valence-corrected chi connectivity index (χ1v) is 7.76. The van der Waals surface area contributed by atoms with E-state index in [2.05, 4.69) is 33.4 Å². The molecule has 5 heteroatoms. The Balaban J connectivity index is 0.00000147. The number of hydrogen-bond acceptors (Lipinski definition) is 3. The van der Waals surface area contributed by atoms with Crippen molar-refractivity contribution in [2.45, 2.75) is 38.5 Å². The van der Waals surface area contributed by atoms with Gasteiger partial charge in [0, 0.05) is 24.7 Å². The zero-order valence-electron chi connectivity index (χ0n) is 12.4. The van der Waals surface area contributed by atoms with Gasteiger partial charge in [-0.1, -0.05) is 0 Å². The highest BCUT2D eigenvalue weighted by molar-refractivity contribution is 5.85. The summed E-state index contributed by atoms with van der Waals surface area (Å²) >= 11 is 0. The smallest absolute Gasteiger partial charge is 0.0668 e. The average Bonchev–Trinajstić information content (AvgIpc) is 2.87. The molecule has 114 valence electrons. The van der Waals surface area contributed by atoms with Gasteiger partial charge in [-0.3, -0.25) is 5.10 Å². The van der Waals surface area contributed by atoms with Crippen molar-refractivity contribution in [3.05, 3.63) is 17.5 Å². The van der Waals surface area contributed by atoms with Gasteiger partial charge in [0.25, 0.3) is 0 Å². The molecule has 0 spiro atoms. The summed E-state index contributed by atoms with van der Waals surface area (Å²) in [6, 6.07) is 2.22. The third-order valence-electron chi connectivity index (χ3n) is 4.56. The van der Waals surface area contributed by atoms with Crippen LogP contribution in [0.5, 0.6) is 0 Å². The normalized spacial score (nSPS) is 28.1. The van der Waals surface area contributed by atoms with Gasteiger partial charge in [0.05, 0.1) is 5.69 Å². The number of hydrogen-bond donors (Lipinski definition) is 2. The summed E-state index contributed by atoms with van der Waals surface area (Å²) < 4.78 is 0. The van der Waals surface area contributed by atoms with Crippen molar-refractivity contribution in [3.8, 4) is 0 Å². The second-order valence-corrected chi connectivity index (χ2v) is 6.29. The molecular weight excluding hydrogens is 272 g/mol. The molecule has 0 aliphatic carbocycles. The molecule has 3 heterocycles. The van der Waals surface area contributed by atoms with Crippen molar-refractivity contribution in [1.29, 1.82) is 0 Å². The van der Waals surface area contributed by atoms with E-state index in [4.69, 9.17) is 0 Å². The van der Waals surface area contributed by atoms with E-state index in [9.17, 15) is 0 Å². The number of nitrogens with zero attached hydrogens (tertiary/aromatic N) is 2. The van der Waals surface area contributed by atoms with Gasteiger partial charge in [-0.2, -0.15) is 5.10 Å². The molecule has 3 rings (SSSR count). The third kappa shape index (κ3) is 3.96. The predicted octanol–water partition coefficient (Wildman–Crippen LogP) is 2.32. The lowest BCUT2D eigenvalue weighted by Gasteiger charge is -2.35. The Morgan fingerprint density at radius 2 is 2.25 bits per heavy atom. The summed E-state index contributed by atoms with van der Waals surface area (Å²) in [6.07, 6.45) is 5.36. The van der Waals surface area contributed by atoms with Crippen LogP contribution in [0, 0.1) is 12.8 Å². The lowest BCUT2D eigenvalue weighted by atomic mass is 9.92. The first-order valence-electron chi connectivity index (χ1n) is 7.76. The molecule has 2 atom stereocenters. The number of nitrogens with one attached hydrogen (secondary N) is 2. The number of aromatic nitrogens is 2. The standard InChI is InChI=1S/C15H26N4.ClH/c1-12-8-15(18-17-12)14-5-3-7-19(11-14)10-13-4-2-6-16-9-13;/h8,13-14,16H,2-7,9-11H2,1H3,(H,17,18);1H. The fraction of sp³-hybridized carbons (Fsp3) is 0.800. The summed E-state index contributed by atoms with van der Waals surface area (Å²) in [7, 11) is 0. The first kappa shape index (κ1) is 15.8. The number of rotatable bonds is 3. The van der Waals surface area contributed by atoms with Crippen LogP contribution in [0.1, 0.15) is 43.0 Å². The topological polar surface area (TPSA) is 44.0 Å². The van der Waals surface area contributed by atoms with E-state index in [1.165, 1.54) is 69.8 Å². The molecule has 2 aliphatic heterocycles. The molecule has 1 aromatic heterocycles. The quantitative estimate of drug-likeness (QED) is 0.900. The molecule has 2 fully saturated rings. The van der Waals surface area contributed by atoms with E-state index in [0.717, 1.165) is 5.92 Å². The molecule has 0 amide bonds. The predicted molar refractivity (Wildman–Crippen MR) is 84.6 cm³/mol. The van der Waals surface area contributed by atoms with Crippen LogP contribution in [0.15, 0.2) is 6.07 Å². The second-order valence-electron chi connectivity index (χ2n) is 6.29. The van der Waals surface area contributed by atoms with Gasteiger partial charge in [0.2, 0.25) is 0 Å². The van der Waals surface area contributed by atoms with E-state index < -0.39 is 0 Å². The van der Waals surface area contributed by atoms with Crippen LogP contribution >= 0.6 is 12.4 Å². The Hall–Kier alpha value is -0.580. The van der Waals surface area contributed by atoms with Crippen LogP contribution in [0.4, 0.5) is 0 Å². The highest BCUT2D eigenvalue weighted by atomic mass is 35.5. The Morgan fingerprint density at radius 1 is 1.35 bits per heavy atom. The monoisotopic (exact) mass is 298 g/mol. The molecule has 20 heavy (non-hydrogen) atoms. The molecule has 4 nitrogen and oxygen atoms in total. The van der Waals surface area contributed by atoms with Crippen molar-refractivity contribution in [2.24, 2.45) is 5.92 Å². The number of aryl methyl sites for hydroxylation is 1. The van der Waals surface area contributed by atoms with Crippen LogP contribution in [-0.2, 0) is 0 Å². The lowest BCUT2D eigenvalue weighted by Crippen LogP contribution is -2.42. The molecule has 2 aliphatic rings. The van der Waals surface area contributed by atoms with E-state index in [1.54, 1.807) is 0 Å². The van der Waals surface area contributed by atoms with Crippen LogP contribution in [-0.4, -0.2) is 47.8 Å². The minimum atomic E-state index is 0. The summed E-state index contributed by atoms with van der Waals surface area (Å²) in [4.78, 5) is 2.66. The fourth-order valence-corrected chi connectivity index (χ4v) is 3.56. The van der Waals surface area contributed by atoms with E-state index in [1.807, 2.05) is 0 Å². The van der Waals surface area contributed by atoms with Crippen LogP contribution < -0.4 is 5.32 Å². The Labute approximate surface area is 128 Å². The van der Waals surface area contributed by atoms with Gasteiger partial charge in [-0.15, -0.1) is 12.4 Å². The van der Waals surface area contributed by atoms with Crippen molar-refractivity contribution in [3.63, 3.8) is 0 Å². The van der Waals surface area contributed by atoms with Crippen molar-refractivity contribution in [2.75, 3.05) is 32.7 Å². The van der Waals surface area contributed by atoms with Gasteiger partial charge in [-0.25, -0.2) is 0 Å². The maximum atomic E-state index is 4.46. The highest BCUT2D eigenvalue weighted by Crippen LogP contribution is 2.27. The van der Waals surface area contributed by atoms with E-state index in [0.29, 0.717) is 5.92 Å². The van der Waals surface area contributed by atoms with Gasteiger partial charge in [0.15, 0.2) is 0 Å². The van der Waals surface area contributed by atoms with Crippen LogP contribution in [0.2, 0.25) is 0 Å². The van der Waals surface area contributed by atoms with Gasteiger partial charge in [0.1, 0.15) is 0 Å². The molecule has 1 aromatic rings. The molecule has 2 N–H and O–H groups in total. The minimum Gasteiger partial charge on any atom is -0.316 e. The molecule has 0 radical (unpaired) electrons. The molecule has 2 unspecified atom stereocenters. The largest absolute Gasteiger partial charge is 0.316 e. The molecule has 2 saturated heterocycles. The zero-order chi connectivity index (χ0) is 13.1. The lowest BCUT2D eigenvalue weighted by molar-refractivity contribution is 0.164. The molecule has 0 aromatic carbocycles. The van der Waals surface area contributed by atoms with Crippen LogP contribution in [0.3, 0.4) is 0 Å². The summed E-state index contributed by atoms with van der Waals surface area (Å²) in [5.41, 5.74) is 2.45. The third-order valence-corrected chi connectivity index (χ3v) is 4.56. The maximum absolute atomic E-state index is 4.46. The number of aromatic amines is 1. The number of halogens is 1. The molecule has 0 bridgehead atoms. The average molecular weight is 299 g/mol. The van der Waals surface area contributed by atoms with E-state index >= 15 is 0 Å². The Bertz CT molecular complexity index is 400. The van der Waals surface area contributed by atoms with Gasteiger partial charge < -0.3 is 10.2 Å². The first-order chi connectivity index (χ1) is 9.31. The van der Waals surface area contributed by atoms with Crippen molar-refractivity contribution < 1.29 is 0 Å². The van der Waals surface area contributed by atoms with E-state index in [-0.39, 0.29) is 12.4 Å². The number of likely N-dealkylation sites (tertiary alicyclic amines) is 1. The Morgan fingerprint density at radius 3 is 2.95 bits per heavy atom. The number of H-pyrrole nitrogens is 1. The highest BCUT2D eigenvalue weighted by Gasteiger charge is 2.25. The fourth-order valence-electron chi connectivity index (χ4n) is 3.56. The second kappa shape index (κ2) is 7.43. The summed E-state index contributed by atoms with van der Waals surface area (Å²) in [6.45, 7) is 8.25. The van der Waals surface area contributed by atoms with Crippen molar-refractivity contribution >= 4 is 12.4 Å². The minimum absolute atomic E-state index is 0. The van der Waals surface area contributed by atoms with Crippen molar-refractivity contribution in [1.82, 2.24) is 20.4 Å². The SMILES string of the molecule is Cc1cc(C2CCCN(CC3CCCNC3)C2)n[nH]1.Cl. The molecule has 0 saturated carbocycles. The summed E-state index contributed by atoms with van der Waals surface area (Å²) in [5, 5.41) is 11.1. The maximum Gasteiger partial charge on any atom is 0.0668 e. The van der Waals surface area contributed by atoms with Gasteiger partial charge in [-0.05, 0) is 64.2 Å². The molecular formula is C15H27ClN4. The summed E-state index contributed by atoms with van der Waals surface area (Å²) in [5.74, 6) is 1.49. The number of piperidine rings is 2. The Kier molecular flexibility index (Phi) is 5.87. The van der Waals surface area contributed by atoms with Gasteiger partial charge >= 0.3 is 0 Å².